The summed E-state index contributed by atoms with van der Waals surface area (Å²) in [5.74, 6) is 0.230. The third-order valence-corrected chi connectivity index (χ3v) is 4.20. The molecule has 0 spiro atoms. The SMILES string of the molecule is CCc1cc(C(=O)OCCO)cc(C2CCCCC2)c1O. The monoisotopic (exact) mass is 292 g/mol. The second kappa shape index (κ2) is 7.46. The van der Waals surface area contributed by atoms with E-state index in [4.69, 9.17) is 9.84 Å². The summed E-state index contributed by atoms with van der Waals surface area (Å²) >= 11 is 0. The molecule has 1 saturated carbocycles. The van der Waals surface area contributed by atoms with Crippen molar-refractivity contribution in [3.63, 3.8) is 0 Å². The molecule has 0 atom stereocenters. The van der Waals surface area contributed by atoms with E-state index in [2.05, 4.69) is 0 Å². The fraction of sp³-hybridized carbons (Fsp3) is 0.588. The van der Waals surface area contributed by atoms with Gasteiger partial charge in [0.15, 0.2) is 0 Å². The van der Waals surface area contributed by atoms with Gasteiger partial charge in [0.05, 0.1) is 12.2 Å². The van der Waals surface area contributed by atoms with Crippen LogP contribution in [0.1, 0.15) is 66.4 Å². The van der Waals surface area contributed by atoms with Gasteiger partial charge in [-0.3, -0.25) is 0 Å². The molecule has 1 aliphatic rings. The Kier molecular flexibility index (Phi) is 5.62. The first-order valence-electron chi connectivity index (χ1n) is 7.81. The summed E-state index contributed by atoms with van der Waals surface area (Å²) in [6.45, 7) is 1.78. The number of carbonyl (C=O) groups excluding carboxylic acids is 1. The minimum Gasteiger partial charge on any atom is -0.507 e. The van der Waals surface area contributed by atoms with Gasteiger partial charge in [0, 0.05) is 0 Å². The van der Waals surface area contributed by atoms with E-state index in [1.807, 2.05) is 6.92 Å². The lowest BCUT2D eigenvalue weighted by molar-refractivity contribution is 0.0433. The number of hydrogen-bond donors (Lipinski definition) is 2. The van der Waals surface area contributed by atoms with Crippen LogP contribution >= 0.6 is 0 Å². The van der Waals surface area contributed by atoms with E-state index < -0.39 is 5.97 Å². The first-order chi connectivity index (χ1) is 10.2. The third-order valence-electron chi connectivity index (χ3n) is 4.20. The number of phenolic OH excluding ortho intramolecular Hbond substituents is 1. The molecule has 21 heavy (non-hydrogen) atoms. The van der Waals surface area contributed by atoms with E-state index in [0.29, 0.717) is 23.7 Å². The summed E-state index contributed by atoms with van der Waals surface area (Å²) in [5, 5.41) is 19.2. The van der Waals surface area contributed by atoms with Crippen LogP contribution < -0.4 is 0 Å². The quantitative estimate of drug-likeness (QED) is 0.818. The number of esters is 1. The van der Waals surface area contributed by atoms with Crippen molar-refractivity contribution < 1.29 is 19.7 Å². The molecular weight excluding hydrogens is 268 g/mol. The van der Waals surface area contributed by atoms with E-state index in [1.54, 1.807) is 12.1 Å². The lowest BCUT2D eigenvalue weighted by Crippen LogP contribution is -2.12. The Hall–Kier alpha value is -1.55. The van der Waals surface area contributed by atoms with Gasteiger partial charge in [-0.25, -0.2) is 4.79 Å². The zero-order valence-electron chi connectivity index (χ0n) is 12.6. The van der Waals surface area contributed by atoms with Gasteiger partial charge >= 0.3 is 5.97 Å². The van der Waals surface area contributed by atoms with Crippen molar-refractivity contribution in [2.24, 2.45) is 0 Å². The van der Waals surface area contributed by atoms with E-state index in [9.17, 15) is 9.90 Å². The van der Waals surface area contributed by atoms with Crippen molar-refractivity contribution in [1.82, 2.24) is 0 Å². The van der Waals surface area contributed by atoms with Crippen molar-refractivity contribution in [3.8, 4) is 5.75 Å². The number of carbonyl (C=O) groups is 1. The molecule has 0 radical (unpaired) electrons. The van der Waals surface area contributed by atoms with Crippen LogP contribution in [0, 0.1) is 0 Å². The number of ether oxygens (including phenoxy) is 1. The van der Waals surface area contributed by atoms with Crippen LogP contribution in [0.2, 0.25) is 0 Å². The van der Waals surface area contributed by atoms with Crippen LogP contribution in [0.15, 0.2) is 12.1 Å². The fourth-order valence-corrected chi connectivity index (χ4v) is 3.05. The highest BCUT2D eigenvalue weighted by Crippen LogP contribution is 2.39. The van der Waals surface area contributed by atoms with Crippen LogP contribution in [0.3, 0.4) is 0 Å². The molecule has 0 saturated heterocycles. The maximum absolute atomic E-state index is 12.0. The number of aromatic hydroxyl groups is 1. The number of hydrogen-bond acceptors (Lipinski definition) is 4. The molecule has 1 aliphatic carbocycles. The van der Waals surface area contributed by atoms with Crippen LogP contribution in [0.5, 0.6) is 5.75 Å². The molecule has 0 bridgehead atoms. The zero-order chi connectivity index (χ0) is 15.2. The highest BCUT2D eigenvalue weighted by atomic mass is 16.5. The molecule has 1 fully saturated rings. The van der Waals surface area contributed by atoms with Gasteiger partial charge in [0.25, 0.3) is 0 Å². The first-order valence-corrected chi connectivity index (χ1v) is 7.81. The third kappa shape index (κ3) is 3.76. The van der Waals surface area contributed by atoms with Crippen LogP contribution in [-0.4, -0.2) is 29.4 Å². The molecular formula is C17H24O4. The van der Waals surface area contributed by atoms with E-state index in [0.717, 1.165) is 24.0 Å². The number of aliphatic hydroxyl groups excluding tert-OH is 1. The number of rotatable bonds is 5. The van der Waals surface area contributed by atoms with Crippen LogP contribution in [0.25, 0.3) is 0 Å². The Balaban J connectivity index is 2.31. The molecule has 4 heteroatoms. The highest BCUT2D eigenvalue weighted by Gasteiger charge is 2.22. The molecule has 0 aromatic heterocycles. The van der Waals surface area contributed by atoms with Crippen molar-refractivity contribution in [2.45, 2.75) is 51.4 Å². The summed E-state index contributed by atoms with van der Waals surface area (Å²) in [5.41, 5.74) is 2.14. The lowest BCUT2D eigenvalue weighted by Gasteiger charge is -2.24. The van der Waals surface area contributed by atoms with E-state index in [-0.39, 0.29) is 13.2 Å². The Morgan fingerprint density at radius 3 is 2.62 bits per heavy atom. The zero-order valence-corrected chi connectivity index (χ0v) is 12.6. The largest absolute Gasteiger partial charge is 0.507 e. The Bertz CT molecular complexity index is 490. The summed E-state index contributed by atoms with van der Waals surface area (Å²) in [6, 6.07) is 3.46. The van der Waals surface area contributed by atoms with Crippen LogP contribution in [-0.2, 0) is 11.2 Å². The molecule has 116 valence electrons. The summed E-state index contributed by atoms with van der Waals surface area (Å²) in [7, 11) is 0. The minimum atomic E-state index is -0.434. The molecule has 1 aromatic rings. The molecule has 1 aromatic carbocycles. The number of aliphatic hydroxyl groups is 1. The van der Waals surface area contributed by atoms with Gasteiger partial charge in [-0.05, 0) is 48.4 Å². The van der Waals surface area contributed by atoms with E-state index >= 15 is 0 Å². The summed E-state index contributed by atoms with van der Waals surface area (Å²) < 4.78 is 4.99. The number of aryl methyl sites for hydroxylation is 1. The van der Waals surface area contributed by atoms with Crippen molar-refractivity contribution in [3.05, 3.63) is 28.8 Å². The normalized spacial score (nSPS) is 15.9. The van der Waals surface area contributed by atoms with Crippen molar-refractivity contribution in [1.29, 1.82) is 0 Å². The maximum Gasteiger partial charge on any atom is 0.338 e. The van der Waals surface area contributed by atoms with Gasteiger partial charge in [-0.2, -0.15) is 0 Å². The second-order valence-electron chi connectivity index (χ2n) is 5.62. The van der Waals surface area contributed by atoms with Crippen molar-refractivity contribution >= 4 is 5.97 Å². The first kappa shape index (κ1) is 15.8. The Labute approximate surface area is 125 Å². The van der Waals surface area contributed by atoms with Gasteiger partial charge in [0.2, 0.25) is 0 Å². The summed E-state index contributed by atoms with van der Waals surface area (Å²) in [6.07, 6.45) is 6.38. The van der Waals surface area contributed by atoms with Crippen molar-refractivity contribution in [2.75, 3.05) is 13.2 Å². The maximum atomic E-state index is 12.0. The van der Waals surface area contributed by atoms with E-state index in [1.165, 1.54) is 19.3 Å². The topological polar surface area (TPSA) is 66.8 Å². The van der Waals surface area contributed by atoms with Gasteiger partial charge < -0.3 is 14.9 Å². The molecule has 0 amide bonds. The molecule has 2 rings (SSSR count). The standard InChI is InChI=1S/C17H24O4/c1-2-12-10-14(17(20)21-9-8-18)11-15(16(12)19)13-6-4-3-5-7-13/h10-11,13,18-19H,2-9H2,1H3. The van der Waals surface area contributed by atoms with Gasteiger partial charge in [-0.1, -0.05) is 26.2 Å². The minimum absolute atomic E-state index is 0.0000694. The number of benzene rings is 1. The molecule has 2 N–H and O–H groups in total. The fourth-order valence-electron chi connectivity index (χ4n) is 3.05. The summed E-state index contributed by atoms with van der Waals surface area (Å²) in [4.78, 5) is 12.0. The predicted octanol–water partition coefficient (Wildman–Crippen LogP) is 3.15. The Morgan fingerprint density at radius 1 is 1.29 bits per heavy atom. The molecule has 0 unspecified atom stereocenters. The lowest BCUT2D eigenvalue weighted by atomic mass is 9.82. The predicted molar refractivity (Wildman–Crippen MR) is 80.7 cm³/mol. The average Bonchev–Trinajstić information content (AvgIpc) is 2.53. The van der Waals surface area contributed by atoms with Crippen LogP contribution in [0.4, 0.5) is 0 Å². The highest BCUT2D eigenvalue weighted by molar-refractivity contribution is 5.90. The molecule has 0 aliphatic heterocycles. The average molecular weight is 292 g/mol. The molecule has 4 nitrogen and oxygen atoms in total. The second-order valence-corrected chi connectivity index (χ2v) is 5.62. The Morgan fingerprint density at radius 2 is 2.00 bits per heavy atom. The smallest absolute Gasteiger partial charge is 0.338 e. The van der Waals surface area contributed by atoms with Gasteiger partial charge in [0.1, 0.15) is 12.4 Å². The number of phenols is 1. The van der Waals surface area contributed by atoms with Gasteiger partial charge in [-0.15, -0.1) is 0 Å². The molecule has 0 heterocycles.